The molecule has 25 heavy (non-hydrogen) atoms. The maximum absolute atomic E-state index is 12.4. The second-order valence-corrected chi connectivity index (χ2v) is 7.21. The van der Waals surface area contributed by atoms with Crippen LogP contribution in [0.1, 0.15) is 60.0 Å². The standard InChI is InChI=1S/C19H26N4O2/c24-19(17-7-4-8-20-17)23-11-9-22(10-12-23)14-16-13-18(21-25-16)15-5-2-1-3-6-15/h4,7-8,13,15,20H,1-3,5-6,9-12,14H2. The number of amides is 1. The first-order valence-corrected chi connectivity index (χ1v) is 9.40. The first-order chi connectivity index (χ1) is 12.3. The van der Waals surface area contributed by atoms with Crippen LogP contribution in [0.15, 0.2) is 28.9 Å². The summed E-state index contributed by atoms with van der Waals surface area (Å²) >= 11 is 0. The Morgan fingerprint density at radius 1 is 1.20 bits per heavy atom. The minimum Gasteiger partial charge on any atom is -0.360 e. The van der Waals surface area contributed by atoms with Crippen molar-refractivity contribution in [2.24, 2.45) is 0 Å². The monoisotopic (exact) mass is 342 g/mol. The van der Waals surface area contributed by atoms with Gasteiger partial charge in [0.05, 0.1) is 12.2 Å². The Hall–Kier alpha value is -2.08. The van der Waals surface area contributed by atoms with E-state index in [9.17, 15) is 4.79 Å². The molecule has 6 heteroatoms. The van der Waals surface area contributed by atoms with E-state index in [2.05, 4.69) is 21.1 Å². The SMILES string of the molecule is O=C(c1ccc[nH]1)N1CCN(Cc2cc(C3CCCCC3)no2)CC1. The normalized spacial score (nSPS) is 20.1. The number of nitrogens with zero attached hydrogens (tertiary/aromatic N) is 3. The molecule has 0 spiro atoms. The average molecular weight is 342 g/mol. The smallest absolute Gasteiger partial charge is 0.270 e. The highest BCUT2D eigenvalue weighted by molar-refractivity contribution is 5.92. The van der Waals surface area contributed by atoms with Gasteiger partial charge in [0.25, 0.3) is 5.91 Å². The Morgan fingerprint density at radius 2 is 2.00 bits per heavy atom. The van der Waals surface area contributed by atoms with Crippen molar-refractivity contribution < 1.29 is 9.32 Å². The Bertz CT molecular complexity index is 680. The summed E-state index contributed by atoms with van der Waals surface area (Å²) in [6, 6.07) is 5.83. The van der Waals surface area contributed by atoms with Gasteiger partial charge in [-0.25, -0.2) is 0 Å². The summed E-state index contributed by atoms with van der Waals surface area (Å²) < 4.78 is 5.58. The molecule has 2 aromatic rings. The number of hydrogen-bond donors (Lipinski definition) is 1. The Labute approximate surface area is 148 Å². The van der Waals surface area contributed by atoms with E-state index >= 15 is 0 Å². The number of aromatic nitrogens is 2. The summed E-state index contributed by atoms with van der Waals surface area (Å²) in [5.41, 5.74) is 1.80. The van der Waals surface area contributed by atoms with Crippen LogP contribution in [-0.4, -0.2) is 52.0 Å². The topological polar surface area (TPSA) is 65.4 Å². The molecular weight excluding hydrogens is 316 g/mol. The van der Waals surface area contributed by atoms with Crippen molar-refractivity contribution in [2.75, 3.05) is 26.2 Å². The van der Waals surface area contributed by atoms with E-state index in [0.717, 1.165) is 44.2 Å². The number of rotatable bonds is 4. The van der Waals surface area contributed by atoms with Gasteiger partial charge in [-0.05, 0) is 25.0 Å². The molecule has 2 aliphatic rings. The lowest BCUT2D eigenvalue weighted by Crippen LogP contribution is -2.48. The molecule has 0 atom stereocenters. The van der Waals surface area contributed by atoms with Gasteiger partial charge in [0.2, 0.25) is 0 Å². The highest BCUT2D eigenvalue weighted by Gasteiger charge is 2.24. The first kappa shape index (κ1) is 16.4. The number of nitrogens with one attached hydrogen (secondary N) is 1. The second kappa shape index (κ2) is 7.44. The van der Waals surface area contributed by atoms with Crippen LogP contribution in [0, 0.1) is 0 Å². The molecule has 3 heterocycles. The number of aromatic amines is 1. The van der Waals surface area contributed by atoms with Gasteiger partial charge in [-0.1, -0.05) is 24.4 Å². The highest BCUT2D eigenvalue weighted by atomic mass is 16.5. The number of carbonyl (C=O) groups excluding carboxylic acids is 1. The van der Waals surface area contributed by atoms with Crippen LogP contribution in [0.3, 0.4) is 0 Å². The Morgan fingerprint density at radius 3 is 2.72 bits per heavy atom. The molecule has 1 saturated heterocycles. The van der Waals surface area contributed by atoms with Gasteiger partial charge in [0.1, 0.15) is 5.69 Å². The van der Waals surface area contributed by atoms with Gasteiger partial charge in [0.15, 0.2) is 5.76 Å². The van der Waals surface area contributed by atoms with Crippen LogP contribution in [0.5, 0.6) is 0 Å². The summed E-state index contributed by atoms with van der Waals surface area (Å²) in [5.74, 6) is 1.62. The quantitative estimate of drug-likeness (QED) is 0.927. The molecule has 1 saturated carbocycles. The van der Waals surface area contributed by atoms with E-state index in [1.165, 1.54) is 32.1 Å². The molecule has 4 rings (SSSR count). The van der Waals surface area contributed by atoms with E-state index in [-0.39, 0.29) is 5.91 Å². The molecule has 0 radical (unpaired) electrons. The van der Waals surface area contributed by atoms with Gasteiger partial charge < -0.3 is 14.4 Å². The van der Waals surface area contributed by atoms with Gasteiger partial charge in [-0.15, -0.1) is 0 Å². The molecule has 0 bridgehead atoms. The molecule has 1 amide bonds. The Balaban J connectivity index is 1.28. The minimum atomic E-state index is 0.0869. The lowest BCUT2D eigenvalue weighted by atomic mass is 9.87. The zero-order valence-electron chi connectivity index (χ0n) is 14.6. The van der Waals surface area contributed by atoms with Crippen LogP contribution in [0.25, 0.3) is 0 Å². The van der Waals surface area contributed by atoms with Crippen LogP contribution in [-0.2, 0) is 6.54 Å². The van der Waals surface area contributed by atoms with Crippen molar-refractivity contribution in [3.05, 3.63) is 41.5 Å². The Kier molecular flexibility index (Phi) is 4.88. The third-order valence-electron chi connectivity index (χ3n) is 5.47. The lowest BCUT2D eigenvalue weighted by molar-refractivity contribution is 0.0612. The maximum atomic E-state index is 12.4. The summed E-state index contributed by atoms with van der Waals surface area (Å²) in [6.45, 7) is 4.02. The van der Waals surface area contributed by atoms with Crippen molar-refractivity contribution in [2.45, 2.75) is 44.6 Å². The predicted molar refractivity (Wildman–Crippen MR) is 94.3 cm³/mol. The molecule has 0 aromatic carbocycles. The first-order valence-electron chi connectivity index (χ1n) is 9.40. The van der Waals surface area contributed by atoms with Gasteiger partial charge in [-0.3, -0.25) is 9.69 Å². The van der Waals surface area contributed by atoms with Crippen molar-refractivity contribution in [1.29, 1.82) is 0 Å². The summed E-state index contributed by atoms with van der Waals surface area (Å²) in [4.78, 5) is 19.6. The average Bonchev–Trinajstić information content (AvgIpc) is 3.35. The summed E-state index contributed by atoms with van der Waals surface area (Å²) in [5, 5.41) is 4.31. The zero-order valence-corrected chi connectivity index (χ0v) is 14.6. The predicted octanol–water partition coefficient (Wildman–Crippen LogP) is 3.01. The fourth-order valence-corrected chi connectivity index (χ4v) is 3.96. The van der Waals surface area contributed by atoms with Crippen molar-refractivity contribution in [3.8, 4) is 0 Å². The maximum Gasteiger partial charge on any atom is 0.270 e. The van der Waals surface area contributed by atoms with E-state index in [0.29, 0.717) is 11.6 Å². The second-order valence-electron chi connectivity index (χ2n) is 7.21. The van der Waals surface area contributed by atoms with Crippen molar-refractivity contribution in [1.82, 2.24) is 19.9 Å². The molecular formula is C19H26N4O2. The summed E-state index contributed by atoms with van der Waals surface area (Å²) in [7, 11) is 0. The molecule has 2 aromatic heterocycles. The van der Waals surface area contributed by atoms with Crippen LogP contribution in [0.2, 0.25) is 0 Å². The van der Waals surface area contributed by atoms with E-state index < -0.39 is 0 Å². The van der Waals surface area contributed by atoms with Gasteiger partial charge in [-0.2, -0.15) is 0 Å². The third-order valence-corrected chi connectivity index (χ3v) is 5.47. The van der Waals surface area contributed by atoms with Crippen LogP contribution in [0.4, 0.5) is 0 Å². The van der Waals surface area contributed by atoms with E-state index in [4.69, 9.17) is 4.52 Å². The molecule has 1 N–H and O–H groups in total. The fourth-order valence-electron chi connectivity index (χ4n) is 3.96. The third kappa shape index (κ3) is 3.79. The fraction of sp³-hybridized carbons (Fsp3) is 0.579. The number of piperazine rings is 1. The van der Waals surface area contributed by atoms with E-state index in [1.807, 2.05) is 17.0 Å². The minimum absolute atomic E-state index is 0.0869. The molecule has 134 valence electrons. The zero-order chi connectivity index (χ0) is 17.1. The molecule has 0 unspecified atom stereocenters. The molecule has 1 aliphatic heterocycles. The van der Waals surface area contributed by atoms with Gasteiger partial charge >= 0.3 is 0 Å². The number of H-pyrrole nitrogens is 1. The largest absolute Gasteiger partial charge is 0.360 e. The molecule has 6 nitrogen and oxygen atoms in total. The van der Waals surface area contributed by atoms with Gasteiger partial charge in [0, 0.05) is 44.4 Å². The van der Waals surface area contributed by atoms with E-state index in [1.54, 1.807) is 6.20 Å². The van der Waals surface area contributed by atoms with Crippen LogP contribution >= 0.6 is 0 Å². The number of hydrogen-bond acceptors (Lipinski definition) is 4. The molecule has 1 aliphatic carbocycles. The summed E-state index contributed by atoms with van der Waals surface area (Å²) in [6.07, 6.45) is 8.24. The van der Waals surface area contributed by atoms with Crippen LogP contribution < -0.4 is 0 Å². The van der Waals surface area contributed by atoms with Crippen molar-refractivity contribution in [3.63, 3.8) is 0 Å². The highest BCUT2D eigenvalue weighted by Crippen LogP contribution is 2.32. The molecule has 2 fully saturated rings. The number of carbonyl (C=O) groups is 1. The lowest BCUT2D eigenvalue weighted by Gasteiger charge is -2.33. The van der Waals surface area contributed by atoms with Crippen molar-refractivity contribution >= 4 is 5.91 Å².